The number of anilines is 2. The van der Waals surface area contributed by atoms with Gasteiger partial charge in [0.1, 0.15) is 23.6 Å². The third-order valence-electron chi connectivity index (χ3n) is 5.94. The van der Waals surface area contributed by atoms with Gasteiger partial charge in [0.2, 0.25) is 5.95 Å². The van der Waals surface area contributed by atoms with Gasteiger partial charge in [0, 0.05) is 31.1 Å². The van der Waals surface area contributed by atoms with Crippen LogP contribution in [0.25, 0.3) is 11.0 Å². The Morgan fingerprint density at radius 3 is 2.68 bits per heavy atom. The van der Waals surface area contributed by atoms with Crippen LogP contribution in [0.4, 0.5) is 24.8 Å². The van der Waals surface area contributed by atoms with Crippen LogP contribution in [0, 0.1) is 11.9 Å². The number of nitrogens with one attached hydrogen (secondary N) is 3. The summed E-state index contributed by atoms with van der Waals surface area (Å²) < 4.78 is 40.6. The van der Waals surface area contributed by atoms with Gasteiger partial charge in [-0.15, -0.1) is 0 Å². The topological polar surface area (TPSA) is 95.6 Å². The molecular formula is C21H21F3N6O. The molecule has 2 saturated carbocycles. The lowest BCUT2D eigenvalue weighted by atomic mass is 9.88. The summed E-state index contributed by atoms with van der Waals surface area (Å²) in [6, 6.07) is 2.47. The van der Waals surface area contributed by atoms with Crippen LogP contribution >= 0.6 is 0 Å². The highest BCUT2D eigenvalue weighted by atomic mass is 19.3. The SMILES string of the molecule is C[C@@H](Nc1ncnc2[nH]cc(C(=O)c3ccc(NC4CC(F)(F)C4)nc3F)c12)C1CC1. The third-order valence-corrected chi connectivity index (χ3v) is 5.94. The number of fused-ring (bicyclic) bond motifs is 1. The second-order valence-electron chi connectivity index (χ2n) is 8.39. The molecule has 31 heavy (non-hydrogen) atoms. The predicted molar refractivity (Wildman–Crippen MR) is 109 cm³/mol. The van der Waals surface area contributed by atoms with E-state index < -0.39 is 23.7 Å². The molecular weight excluding hydrogens is 409 g/mol. The molecule has 3 aromatic rings. The Morgan fingerprint density at radius 1 is 1.23 bits per heavy atom. The summed E-state index contributed by atoms with van der Waals surface area (Å²) in [5.74, 6) is -3.00. The Hall–Kier alpha value is -3.17. The van der Waals surface area contributed by atoms with Crippen LogP contribution < -0.4 is 10.6 Å². The van der Waals surface area contributed by atoms with E-state index in [1.165, 1.54) is 24.7 Å². The van der Waals surface area contributed by atoms with Gasteiger partial charge in [-0.1, -0.05) is 0 Å². The number of aromatic amines is 1. The van der Waals surface area contributed by atoms with Gasteiger partial charge in [0.15, 0.2) is 5.78 Å². The summed E-state index contributed by atoms with van der Waals surface area (Å²) in [4.78, 5) is 28.3. The van der Waals surface area contributed by atoms with Gasteiger partial charge in [0.05, 0.1) is 16.5 Å². The Kier molecular flexibility index (Phi) is 4.60. The monoisotopic (exact) mass is 430 g/mol. The van der Waals surface area contributed by atoms with E-state index in [0.29, 0.717) is 22.8 Å². The zero-order chi connectivity index (χ0) is 21.8. The predicted octanol–water partition coefficient (Wildman–Crippen LogP) is 4.14. The molecule has 0 saturated heterocycles. The number of H-pyrrole nitrogens is 1. The summed E-state index contributed by atoms with van der Waals surface area (Å²) in [7, 11) is 0. The fraction of sp³-hybridized carbons (Fsp3) is 0.429. The molecule has 0 aliphatic heterocycles. The van der Waals surface area contributed by atoms with Gasteiger partial charge < -0.3 is 15.6 Å². The minimum absolute atomic E-state index is 0.123. The van der Waals surface area contributed by atoms with E-state index in [2.05, 4.69) is 37.5 Å². The van der Waals surface area contributed by atoms with Gasteiger partial charge in [-0.3, -0.25) is 4.79 Å². The van der Waals surface area contributed by atoms with Crippen molar-refractivity contribution in [2.75, 3.05) is 10.6 Å². The van der Waals surface area contributed by atoms with Gasteiger partial charge in [-0.2, -0.15) is 4.39 Å². The van der Waals surface area contributed by atoms with Crippen LogP contribution in [0.2, 0.25) is 0 Å². The van der Waals surface area contributed by atoms with Gasteiger partial charge in [-0.05, 0) is 37.8 Å². The average Bonchev–Trinajstić information content (AvgIpc) is 3.46. The molecule has 10 heteroatoms. The Labute approximate surface area is 175 Å². The van der Waals surface area contributed by atoms with Crippen molar-refractivity contribution in [2.45, 2.75) is 50.6 Å². The molecule has 2 fully saturated rings. The Bertz CT molecular complexity index is 1150. The Morgan fingerprint density at radius 2 is 2.00 bits per heavy atom. The first kappa shape index (κ1) is 19.8. The van der Waals surface area contributed by atoms with Crippen molar-refractivity contribution in [3.63, 3.8) is 0 Å². The lowest BCUT2D eigenvalue weighted by Gasteiger charge is -2.35. The molecule has 1 atom stereocenters. The standard InChI is InChI=1S/C21H21F3N6O/c1-10(11-2-3-11)28-20-16-14(8-25-19(16)26-9-27-20)17(31)13-4-5-15(30-18(13)22)29-12-6-21(23,24)7-12/h4-5,8-12H,2-3,6-7H2,1H3,(H,29,30)(H2,25,26,27,28)/t10-/m1/s1. The maximum absolute atomic E-state index is 14.7. The van der Waals surface area contributed by atoms with Crippen molar-refractivity contribution in [3.05, 3.63) is 41.7 Å². The van der Waals surface area contributed by atoms with E-state index in [9.17, 15) is 18.0 Å². The quantitative estimate of drug-likeness (QED) is 0.385. The number of rotatable bonds is 7. The largest absolute Gasteiger partial charge is 0.367 e. The van der Waals surface area contributed by atoms with Gasteiger partial charge in [0.25, 0.3) is 5.92 Å². The second-order valence-corrected chi connectivity index (χ2v) is 8.39. The molecule has 2 aliphatic rings. The number of halogens is 3. The summed E-state index contributed by atoms with van der Waals surface area (Å²) in [6.45, 7) is 2.06. The Balaban J connectivity index is 1.41. The molecule has 0 aromatic carbocycles. The minimum Gasteiger partial charge on any atom is -0.367 e. The number of hydrogen-bond donors (Lipinski definition) is 3. The van der Waals surface area contributed by atoms with E-state index in [-0.39, 0.29) is 35.8 Å². The normalized spacial score (nSPS) is 19.1. The smallest absolute Gasteiger partial charge is 0.252 e. The lowest BCUT2D eigenvalue weighted by molar-refractivity contribution is -0.0794. The molecule has 0 radical (unpaired) electrons. The first-order valence-corrected chi connectivity index (χ1v) is 10.2. The maximum atomic E-state index is 14.7. The highest BCUT2D eigenvalue weighted by Gasteiger charge is 2.45. The summed E-state index contributed by atoms with van der Waals surface area (Å²) >= 11 is 0. The number of hydrogen-bond acceptors (Lipinski definition) is 6. The molecule has 0 amide bonds. The molecule has 0 unspecified atom stereocenters. The molecule has 2 aliphatic carbocycles. The zero-order valence-corrected chi connectivity index (χ0v) is 16.8. The van der Waals surface area contributed by atoms with Crippen LogP contribution in [-0.4, -0.2) is 43.7 Å². The number of carbonyl (C=O) groups excluding carboxylic acids is 1. The molecule has 7 nitrogen and oxygen atoms in total. The lowest BCUT2D eigenvalue weighted by Crippen LogP contribution is -2.44. The number of aromatic nitrogens is 4. The number of pyridine rings is 1. The number of alkyl halides is 2. The fourth-order valence-corrected chi connectivity index (χ4v) is 3.98. The molecule has 162 valence electrons. The second kappa shape index (κ2) is 7.21. The highest BCUT2D eigenvalue weighted by Crippen LogP contribution is 2.39. The molecule has 3 heterocycles. The van der Waals surface area contributed by atoms with E-state index in [0.717, 1.165) is 12.8 Å². The summed E-state index contributed by atoms with van der Waals surface area (Å²) in [5.41, 5.74) is 0.498. The van der Waals surface area contributed by atoms with E-state index in [4.69, 9.17) is 0 Å². The van der Waals surface area contributed by atoms with Gasteiger partial charge in [-0.25, -0.2) is 23.7 Å². The summed E-state index contributed by atoms with van der Waals surface area (Å²) in [5, 5.41) is 6.61. The van der Waals surface area contributed by atoms with Crippen molar-refractivity contribution in [3.8, 4) is 0 Å². The first-order valence-electron chi connectivity index (χ1n) is 10.2. The maximum Gasteiger partial charge on any atom is 0.252 e. The minimum atomic E-state index is -2.69. The van der Waals surface area contributed by atoms with E-state index in [1.807, 2.05) is 0 Å². The van der Waals surface area contributed by atoms with Crippen molar-refractivity contribution in [1.82, 2.24) is 19.9 Å². The van der Waals surface area contributed by atoms with Crippen molar-refractivity contribution in [2.24, 2.45) is 5.92 Å². The zero-order valence-electron chi connectivity index (χ0n) is 16.8. The summed E-state index contributed by atoms with van der Waals surface area (Å²) in [6.07, 6.45) is 4.55. The van der Waals surface area contributed by atoms with Crippen LogP contribution in [0.5, 0.6) is 0 Å². The molecule has 0 bridgehead atoms. The first-order chi connectivity index (χ1) is 14.8. The molecule has 3 aromatic heterocycles. The number of nitrogens with zero attached hydrogens (tertiary/aromatic N) is 3. The molecule has 5 rings (SSSR count). The highest BCUT2D eigenvalue weighted by molar-refractivity contribution is 6.18. The van der Waals surface area contributed by atoms with Crippen LogP contribution in [0.1, 0.15) is 48.5 Å². The van der Waals surface area contributed by atoms with Crippen LogP contribution in [0.15, 0.2) is 24.7 Å². The molecule has 3 N–H and O–H groups in total. The fourth-order valence-electron chi connectivity index (χ4n) is 3.98. The third kappa shape index (κ3) is 3.82. The number of ketones is 1. The van der Waals surface area contributed by atoms with Crippen molar-refractivity contribution in [1.29, 1.82) is 0 Å². The van der Waals surface area contributed by atoms with Crippen molar-refractivity contribution < 1.29 is 18.0 Å². The van der Waals surface area contributed by atoms with Gasteiger partial charge >= 0.3 is 0 Å². The van der Waals surface area contributed by atoms with Crippen LogP contribution in [0.3, 0.4) is 0 Å². The average molecular weight is 430 g/mol. The number of carbonyl (C=O) groups is 1. The van der Waals surface area contributed by atoms with Crippen LogP contribution in [-0.2, 0) is 0 Å². The van der Waals surface area contributed by atoms with E-state index in [1.54, 1.807) is 0 Å². The molecule has 0 spiro atoms. The van der Waals surface area contributed by atoms with E-state index >= 15 is 0 Å². The van der Waals surface area contributed by atoms with Crippen molar-refractivity contribution >= 4 is 28.5 Å².